The van der Waals surface area contributed by atoms with Crippen molar-refractivity contribution < 1.29 is 24.2 Å². The summed E-state index contributed by atoms with van der Waals surface area (Å²) in [6, 6.07) is 11.4. The number of rotatable bonds is 6. The summed E-state index contributed by atoms with van der Waals surface area (Å²) in [5, 5.41) is 14.4. The lowest BCUT2D eigenvalue weighted by atomic mass is 10.1. The number of urea groups is 1. The van der Waals surface area contributed by atoms with Crippen LogP contribution in [0, 0.1) is 0 Å². The third-order valence-corrected chi connectivity index (χ3v) is 4.46. The van der Waals surface area contributed by atoms with Crippen molar-refractivity contribution in [3.8, 4) is 0 Å². The molecule has 0 saturated heterocycles. The summed E-state index contributed by atoms with van der Waals surface area (Å²) >= 11 is 0. The summed E-state index contributed by atoms with van der Waals surface area (Å²) in [5.74, 6) is -1.08. The van der Waals surface area contributed by atoms with Gasteiger partial charge in [0.25, 0.3) is 5.91 Å². The number of carbonyl (C=O) groups excluding carboxylic acids is 2. The summed E-state index contributed by atoms with van der Waals surface area (Å²) in [5.41, 5.74) is 3.46. The first-order valence-electron chi connectivity index (χ1n) is 8.77. The average molecular weight is 383 g/mol. The van der Waals surface area contributed by atoms with Gasteiger partial charge in [0, 0.05) is 31.6 Å². The number of anilines is 2. The number of benzene rings is 2. The minimum atomic E-state index is -0.989. The monoisotopic (exact) mass is 383 g/mol. The Morgan fingerprint density at radius 1 is 1.14 bits per heavy atom. The van der Waals surface area contributed by atoms with Crippen molar-refractivity contribution in [3.05, 3.63) is 59.2 Å². The molecule has 0 atom stereocenters. The van der Waals surface area contributed by atoms with Crippen LogP contribution in [0.2, 0.25) is 0 Å². The molecule has 146 valence electrons. The second-order valence-electron chi connectivity index (χ2n) is 6.38. The van der Waals surface area contributed by atoms with Crippen molar-refractivity contribution in [2.75, 3.05) is 30.5 Å². The molecular formula is C20H21N3O5. The first-order chi connectivity index (χ1) is 13.5. The van der Waals surface area contributed by atoms with Gasteiger partial charge in [-0.2, -0.15) is 0 Å². The maximum Gasteiger partial charge on any atom is 0.335 e. The predicted octanol–water partition coefficient (Wildman–Crippen LogP) is 2.24. The zero-order chi connectivity index (χ0) is 20.1. The number of carbonyl (C=O) groups is 3. The van der Waals surface area contributed by atoms with Crippen molar-refractivity contribution >= 4 is 29.3 Å². The van der Waals surface area contributed by atoms with Crippen molar-refractivity contribution in [1.82, 2.24) is 5.32 Å². The van der Waals surface area contributed by atoms with E-state index in [1.54, 1.807) is 23.1 Å². The van der Waals surface area contributed by atoms with Gasteiger partial charge in [0.2, 0.25) is 0 Å². The number of nitrogens with zero attached hydrogens (tertiary/aromatic N) is 1. The number of amides is 3. The van der Waals surface area contributed by atoms with E-state index >= 15 is 0 Å². The third-order valence-electron chi connectivity index (χ3n) is 4.46. The molecule has 2 aromatic rings. The molecule has 0 aliphatic carbocycles. The molecule has 8 heteroatoms. The molecule has 0 radical (unpaired) electrons. The predicted molar refractivity (Wildman–Crippen MR) is 104 cm³/mol. The molecule has 3 rings (SSSR count). The Hall–Kier alpha value is -3.39. The normalized spacial score (nSPS) is 12.4. The fraction of sp³-hybridized carbons (Fsp3) is 0.250. The van der Waals surface area contributed by atoms with Crippen LogP contribution in [0.3, 0.4) is 0 Å². The molecule has 3 amide bonds. The highest BCUT2D eigenvalue weighted by atomic mass is 16.5. The van der Waals surface area contributed by atoms with Crippen LogP contribution in [0.15, 0.2) is 42.5 Å². The number of carboxylic acid groups (broad SMARTS) is 1. The number of methoxy groups -OCH3 is 1. The van der Waals surface area contributed by atoms with E-state index in [0.29, 0.717) is 12.2 Å². The van der Waals surface area contributed by atoms with Crippen molar-refractivity contribution in [3.63, 3.8) is 0 Å². The van der Waals surface area contributed by atoms with Gasteiger partial charge in [0.05, 0.1) is 5.56 Å². The molecule has 0 fully saturated rings. The molecule has 8 nitrogen and oxygen atoms in total. The Morgan fingerprint density at radius 3 is 2.57 bits per heavy atom. The van der Waals surface area contributed by atoms with E-state index in [-0.39, 0.29) is 30.7 Å². The summed E-state index contributed by atoms with van der Waals surface area (Å²) in [7, 11) is 1.49. The fourth-order valence-corrected chi connectivity index (χ4v) is 3.06. The molecular weight excluding hydrogens is 362 g/mol. The second kappa shape index (κ2) is 8.53. The maximum atomic E-state index is 12.1. The minimum absolute atomic E-state index is 0.0370. The van der Waals surface area contributed by atoms with Crippen molar-refractivity contribution in [1.29, 1.82) is 0 Å². The van der Waals surface area contributed by atoms with E-state index in [0.717, 1.165) is 23.2 Å². The number of hydrogen-bond donors (Lipinski definition) is 3. The molecule has 0 aromatic heterocycles. The molecule has 0 unspecified atom stereocenters. The van der Waals surface area contributed by atoms with Crippen LogP contribution in [0.1, 0.15) is 21.5 Å². The van der Waals surface area contributed by atoms with E-state index < -0.39 is 5.97 Å². The first-order valence-corrected chi connectivity index (χ1v) is 8.77. The summed E-state index contributed by atoms with van der Waals surface area (Å²) in [4.78, 5) is 36.7. The molecule has 0 saturated carbocycles. The maximum absolute atomic E-state index is 12.1. The molecule has 0 bridgehead atoms. The van der Waals surface area contributed by atoms with Crippen LogP contribution < -0.4 is 15.5 Å². The van der Waals surface area contributed by atoms with Gasteiger partial charge in [-0.3, -0.25) is 4.79 Å². The van der Waals surface area contributed by atoms with Crippen LogP contribution in [0.4, 0.5) is 16.2 Å². The number of fused-ring (bicyclic) bond motifs is 1. The fourth-order valence-electron chi connectivity index (χ4n) is 3.06. The molecule has 0 spiro atoms. The van der Waals surface area contributed by atoms with Gasteiger partial charge in [-0.1, -0.05) is 12.1 Å². The lowest BCUT2D eigenvalue weighted by Gasteiger charge is -2.17. The van der Waals surface area contributed by atoms with Crippen LogP contribution in [0.25, 0.3) is 0 Å². The lowest BCUT2D eigenvalue weighted by molar-refractivity contribution is -0.122. The van der Waals surface area contributed by atoms with E-state index in [4.69, 9.17) is 9.84 Å². The summed E-state index contributed by atoms with van der Waals surface area (Å²) < 4.78 is 4.90. The van der Waals surface area contributed by atoms with E-state index in [2.05, 4.69) is 10.6 Å². The Labute approximate surface area is 162 Å². The number of ether oxygens (including phenoxy) is 1. The van der Waals surface area contributed by atoms with Gasteiger partial charge in [-0.25, -0.2) is 9.59 Å². The number of hydrogen-bond acceptors (Lipinski definition) is 4. The quantitative estimate of drug-likeness (QED) is 0.709. The minimum Gasteiger partial charge on any atom is -0.478 e. The van der Waals surface area contributed by atoms with Crippen LogP contribution >= 0.6 is 0 Å². The van der Waals surface area contributed by atoms with Crippen LogP contribution in [-0.2, 0) is 22.5 Å². The zero-order valence-corrected chi connectivity index (χ0v) is 15.4. The highest BCUT2D eigenvalue weighted by Gasteiger charge is 2.24. The Morgan fingerprint density at radius 2 is 1.89 bits per heavy atom. The van der Waals surface area contributed by atoms with E-state index in [1.165, 1.54) is 19.2 Å². The Balaban J connectivity index is 1.56. The van der Waals surface area contributed by atoms with Gasteiger partial charge in [0.15, 0.2) is 0 Å². The van der Waals surface area contributed by atoms with E-state index in [1.807, 2.05) is 12.1 Å². The van der Waals surface area contributed by atoms with Crippen LogP contribution in [0.5, 0.6) is 0 Å². The van der Waals surface area contributed by atoms with Gasteiger partial charge in [-0.05, 0) is 47.9 Å². The molecule has 1 aliphatic rings. The number of nitrogens with one attached hydrogen (secondary N) is 2. The highest BCUT2D eigenvalue weighted by Crippen LogP contribution is 2.30. The second-order valence-corrected chi connectivity index (χ2v) is 6.38. The number of carboxylic acids is 1. The highest BCUT2D eigenvalue weighted by molar-refractivity contribution is 5.97. The molecule has 2 aromatic carbocycles. The van der Waals surface area contributed by atoms with Gasteiger partial charge in [-0.15, -0.1) is 0 Å². The molecule has 3 N–H and O–H groups in total. The van der Waals surface area contributed by atoms with Gasteiger partial charge >= 0.3 is 12.0 Å². The summed E-state index contributed by atoms with van der Waals surface area (Å²) in [6.45, 7) is 0.908. The molecule has 1 heterocycles. The van der Waals surface area contributed by atoms with Gasteiger partial charge in [0.1, 0.15) is 6.61 Å². The van der Waals surface area contributed by atoms with Gasteiger partial charge < -0.3 is 25.4 Å². The topological polar surface area (TPSA) is 108 Å². The third kappa shape index (κ3) is 4.47. The Kier molecular flexibility index (Phi) is 5.90. The summed E-state index contributed by atoms with van der Waals surface area (Å²) in [6.07, 6.45) is 0.720. The van der Waals surface area contributed by atoms with Crippen LogP contribution in [-0.4, -0.2) is 43.3 Å². The number of aromatic carboxylic acids is 1. The van der Waals surface area contributed by atoms with Crippen molar-refractivity contribution in [2.45, 2.75) is 13.0 Å². The smallest absolute Gasteiger partial charge is 0.335 e. The zero-order valence-electron chi connectivity index (χ0n) is 15.4. The largest absolute Gasteiger partial charge is 0.478 e. The Bertz CT molecular complexity index is 895. The molecule has 28 heavy (non-hydrogen) atoms. The van der Waals surface area contributed by atoms with E-state index in [9.17, 15) is 14.4 Å². The SMILES string of the molecule is COCC(=O)N1CCc2cc(NC(=O)NCc3ccc(C(=O)O)cc3)ccc21. The standard InChI is InChI=1S/C20H21N3O5/c1-28-12-18(24)23-9-8-15-10-16(6-7-17(15)23)22-20(27)21-11-13-2-4-14(5-3-13)19(25)26/h2-7,10H,8-9,11-12H2,1H3,(H,25,26)(H2,21,22,27). The molecule has 1 aliphatic heterocycles. The van der Waals surface area contributed by atoms with Crippen molar-refractivity contribution in [2.24, 2.45) is 0 Å². The average Bonchev–Trinajstić information content (AvgIpc) is 3.10. The first kappa shape index (κ1) is 19.4. The lowest BCUT2D eigenvalue weighted by Crippen LogP contribution is -2.32.